The van der Waals surface area contributed by atoms with Crippen LogP contribution in [0.5, 0.6) is 0 Å². The highest BCUT2D eigenvalue weighted by atomic mass is 19.3. The van der Waals surface area contributed by atoms with Crippen molar-refractivity contribution >= 4 is 17.6 Å². The minimum atomic E-state index is -2.29. The maximum absolute atomic E-state index is 13.0. The van der Waals surface area contributed by atoms with Crippen molar-refractivity contribution < 1.29 is 18.0 Å². The van der Waals surface area contributed by atoms with Crippen LogP contribution in [0.25, 0.3) is 11.6 Å². The number of carbonyl (C=O) groups is 1. The number of hydrogen-bond donors (Lipinski definition) is 1. The number of hydrogen-bond acceptors (Lipinski definition) is 4. The van der Waals surface area contributed by atoms with Crippen molar-refractivity contribution in [2.75, 3.05) is 0 Å². The molecule has 1 atom stereocenters. The molecular formula is C23H29F2N3O2. The number of halogens is 2. The molecule has 0 saturated heterocycles. The fraction of sp³-hybridized carbons (Fsp3) is 0.435. The summed E-state index contributed by atoms with van der Waals surface area (Å²) in [7, 11) is 0. The van der Waals surface area contributed by atoms with Crippen LogP contribution in [0.1, 0.15) is 73.3 Å². The van der Waals surface area contributed by atoms with Gasteiger partial charge in [0.05, 0.1) is 11.6 Å². The van der Waals surface area contributed by atoms with Gasteiger partial charge in [0, 0.05) is 25.2 Å². The van der Waals surface area contributed by atoms with Crippen molar-refractivity contribution in [3.63, 3.8) is 0 Å². The summed E-state index contributed by atoms with van der Waals surface area (Å²) < 4.78 is 30.3. The molecule has 0 radical (unpaired) electrons. The standard InChI is InChI=1S/C23H29F2N3O2/c1-6-9-18(22-19(7-2)28-16(5)30-22)23(29)27-15(4)17-12-14(3)20(26-13-17)10-8-11-21(24)25/h7,9,12-13,15,21H,2,6,8,10-11H2,1,3-5H3,(H,27,29)/b18-9+. The fourth-order valence-electron chi connectivity index (χ4n) is 3.17. The molecule has 0 aliphatic rings. The first kappa shape index (κ1) is 23.4. The van der Waals surface area contributed by atoms with Gasteiger partial charge in [-0.25, -0.2) is 13.8 Å². The van der Waals surface area contributed by atoms with Gasteiger partial charge in [-0.2, -0.15) is 0 Å². The molecular weight excluding hydrogens is 388 g/mol. The Balaban J connectivity index is 2.14. The molecule has 5 nitrogen and oxygen atoms in total. The van der Waals surface area contributed by atoms with Crippen LogP contribution in [0, 0.1) is 13.8 Å². The third kappa shape index (κ3) is 6.08. The van der Waals surface area contributed by atoms with E-state index >= 15 is 0 Å². The number of alkyl halides is 2. The Labute approximate surface area is 176 Å². The summed E-state index contributed by atoms with van der Waals surface area (Å²) >= 11 is 0. The van der Waals surface area contributed by atoms with E-state index in [4.69, 9.17) is 4.42 Å². The maximum Gasteiger partial charge on any atom is 0.255 e. The number of carbonyl (C=O) groups excluding carboxylic acids is 1. The third-order valence-electron chi connectivity index (χ3n) is 4.74. The summed E-state index contributed by atoms with van der Waals surface area (Å²) in [6.45, 7) is 11.2. The van der Waals surface area contributed by atoms with E-state index in [9.17, 15) is 13.6 Å². The minimum absolute atomic E-state index is 0.129. The lowest BCUT2D eigenvalue weighted by Gasteiger charge is -2.17. The highest BCUT2D eigenvalue weighted by molar-refractivity contribution is 6.19. The number of aromatic nitrogens is 2. The van der Waals surface area contributed by atoms with E-state index in [0.29, 0.717) is 42.2 Å². The summed E-state index contributed by atoms with van der Waals surface area (Å²) in [4.78, 5) is 21.6. The SMILES string of the molecule is C=Cc1nc(C)oc1/C(=C\CC)C(=O)NC(C)c1cnc(CCCC(F)F)c(C)c1. The molecule has 0 spiro atoms. The van der Waals surface area contributed by atoms with E-state index in [0.717, 1.165) is 16.8 Å². The van der Waals surface area contributed by atoms with E-state index in [-0.39, 0.29) is 18.4 Å². The zero-order valence-corrected chi connectivity index (χ0v) is 18.0. The Kier molecular flexibility index (Phi) is 8.45. The molecule has 0 aliphatic carbocycles. The molecule has 1 unspecified atom stereocenters. The van der Waals surface area contributed by atoms with E-state index in [2.05, 4.69) is 21.9 Å². The zero-order valence-electron chi connectivity index (χ0n) is 18.0. The van der Waals surface area contributed by atoms with Crippen molar-refractivity contribution in [3.8, 4) is 0 Å². The van der Waals surface area contributed by atoms with Gasteiger partial charge in [-0.1, -0.05) is 25.6 Å². The largest absolute Gasteiger partial charge is 0.440 e. The molecule has 0 aliphatic heterocycles. The summed E-state index contributed by atoms with van der Waals surface area (Å²) in [5, 5.41) is 2.98. The van der Waals surface area contributed by atoms with E-state index in [1.54, 1.807) is 25.3 Å². The molecule has 30 heavy (non-hydrogen) atoms. The average molecular weight is 418 g/mol. The van der Waals surface area contributed by atoms with Gasteiger partial charge in [-0.15, -0.1) is 0 Å². The van der Waals surface area contributed by atoms with Gasteiger partial charge in [0.25, 0.3) is 5.91 Å². The van der Waals surface area contributed by atoms with Crippen molar-refractivity contribution in [2.45, 2.75) is 65.8 Å². The van der Waals surface area contributed by atoms with Crippen LogP contribution in [0.15, 0.2) is 29.3 Å². The first-order valence-corrected chi connectivity index (χ1v) is 10.1. The summed E-state index contributed by atoms with van der Waals surface area (Å²) in [6, 6.07) is 1.64. The smallest absolute Gasteiger partial charge is 0.255 e. The topological polar surface area (TPSA) is 68.0 Å². The Morgan fingerprint density at radius 2 is 2.10 bits per heavy atom. The number of oxazole rings is 1. The van der Waals surface area contributed by atoms with Crippen LogP contribution >= 0.6 is 0 Å². The molecule has 0 aromatic carbocycles. The van der Waals surface area contributed by atoms with Crippen molar-refractivity contribution in [1.29, 1.82) is 0 Å². The van der Waals surface area contributed by atoms with Gasteiger partial charge in [-0.05, 0) is 50.3 Å². The van der Waals surface area contributed by atoms with E-state index in [1.165, 1.54) is 0 Å². The lowest BCUT2D eigenvalue weighted by molar-refractivity contribution is -0.116. The second-order valence-corrected chi connectivity index (χ2v) is 7.19. The van der Waals surface area contributed by atoms with Crippen LogP contribution in [-0.4, -0.2) is 22.3 Å². The van der Waals surface area contributed by atoms with Gasteiger partial charge in [0.1, 0.15) is 5.69 Å². The number of aryl methyl sites for hydroxylation is 3. The van der Waals surface area contributed by atoms with Crippen LogP contribution in [0.3, 0.4) is 0 Å². The zero-order chi connectivity index (χ0) is 22.3. The molecule has 0 bridgehead atoms. The summed E-state index contributed by atoms with van der Waals surface area (Å²) in [6.07, 6.45) is 4.18. The van der Waals surface area contributed by atoms with Crippen LogP contribution in [0.2, 0.25) is 0 Å². The second-order valence-electron chi connectivity index (χ2n) is 7.19. The third-order valence-corrected chi connectivity index (χ3v) is 4.74. The number of nitrogens with one attached hydrogen (secondary N) is 1. The molecule has 1 N–H and O–H groups in total. The number of amides is 1. The molecule has 1 amide bonds. The van der Waals surface area contributed by atoms with Crippen molar-refractivity contribution in [2.24, 2.45) is 0 Å². The van der Waals surface area contributed by atoms with E-state index in [1.807, 2.05) is 26.8 Å². The number of allylic oxidation sites excluding steroid dienone is 1. The summed E-state index contributed by atoms with van der Waals surface area (Å²) in [5.41, 5.74) is 3.50. The monoisotopic (exact) mass is 417 g/mol. The average Bonchev–Trinajstić information content (AvgIpc) is 3.07. The molecule has 0 saturated carbocycles. The van der Waals surface area contributed by atoms with Gasteiger partial charge in [-0.3, -0.25) is 9.78 Å². The van der Waals surface area contributed by atoms with E-state index < -0.39 is 6.43 Å². The van der Waals surface area contributed by atoms with Crippen LogP contribution in [-0.2, 0) is 11.2 Å². The van der Waals surface area contributed by atoms with Crippen molar-refractivity contribution in [3.05, 3.63) is 59.1 Å². The quantitative estimate of drug-likeness (QED) is 0.512. The molecule has 7 heteroatoms. The highest BCUT2D eigenvalue weighted by Crippen LogP contribution is 2.24. The normalized spacial score (nSPS) is 12.8. The first-order chi connectivity index (χ1) is 14.3. The fourth-order valence-corrected chi connectivity index (χ4v) is 3.17. The first-order valence-electron chi connectivity index (χ1n) is 10.1. The Bertz CT molecular complexity index is 919. The van der Waals surface area contributed by atoms with Gasteiger partial charge in [0.15, 0.2) is 11.7 Å². The molecule has 2 rings (SSSR count). The van der Waals surface area contributed by atoms with Gasteiger partial charge >= 0.3 is 0 Å². The predicted molar refractivity (Wildman–Crippen MR) is 114 cm³/mol. The number of pyridine rings is 1. The highest BCUT2D eigenvalue weighted by Gasteiger charge is 2.22. The van der Waals surface area contributed by atoms with Crippen LogP contribution in [0.4, 0.5) is 8.78 Å². The predicted octanol–water partition coefficient (Wildman–Crippen LogP) is 5.59. The molecule has 162 valence electrons. The number of rotatable bonds is 10. The van der Waals surface area contributed by atoms with Crippen LogP contribution < -0.4 is 5.32 Å². The molecule has 2 aromatic rings. The molecule has 2 aromatic heterocycles. The summed E-state index contributed by atoms with van der Waals surface area (Å²) in [5.74, 6) is 0.588. The van der Waals surface area contributed by atoms with Crippen molar-refractivity contribution in [1.82, 2.24) is 15.3 Å². The maximum atomic E-state index is 13.0. The number of nitrogens with zero attached hydrogens (tertiary/aromatic N) is 2. The second kappa shape index (κ2) is 10.8. The Hall–Kier alpha value is -2.83. The molecule has 0 fully saturated rings. The molecule has 2 heterocycles. The van der Waals surface area contributed by atoms with Gasteiger partial charge in [0.2, 0.25) is 6.43 Å². The Morgan fingerprint density at radius 1 is 1.37 bits per heavy atom. The lowest BCUT2D eigenvalue weighted by atomic mass is 10.0. The lowest BCUT2D eigenvalue weighted by Crippen LogP contribution is -2.28. The Morgan fingerprint density at radius 3 is 2.70 bits per heavy atom. The minimum Gasteiger partial charge on any atom is -0.440 e. The van der Waals surface area contributed by atoms with Gasteiger partial charge < -0.3 is 9.73 Å².